The van der Waals surface area contributed by atoms with E-state index < -0.39 is 0 Å². The van der Waals surface area contributed by atoms with Crippen LogP contribution in [0.5, 0.6) is 0 Å². The van der Waals surface area contributed by atoms with Crippen molar-refractivity contribution < 1.29 is 0 Å². The topological polar surface area (TPSA) is 35.8 Å². The van der Waals surface area contributed by atoms with Gasteiger partial charge in [0.25, 0.3) is 0 Å². The molecule has 0 aliphatic rings. The van der Waals surface area contributed by atoms with E-state index in [0.717, 1.165) is 34.5 Å². The molecule has 104 valence electrons. The second-order valence-electron chi connectivity index (χ2n) is 4.73. The fraction of sp³-hybridized carbons (Fsp3) is 0.105. The maximum absolute atomic E-state index is 9.05. The lowest BCUT2D eigenvalue weighted by Crippen LogP contribution is -2.02. The monoisotopic (exact) mass is 274 g/mol. The first kappa shape index (κ1) is 14.6. The zero-order valence-corrected chi connectivity index (χ0v) is 12.2. The van der Waals surface area contributed by atoms with Gasteiger partial charge in [-0.25, -0.2) is 0 Å². The molecule has 21 heavy (non-hydrogen) atoms. The van der Waals surface area contributed by atoms with Gasteiger partial charge >= 0.3 is 0 Å². The standard InChI is InChI=1S/C19H18N2/c1-4-16-8-6-7-9-18(16)14(3)21-19-12-15(13-20)10-11-17(19)5-2/h4,6-12,21H,1,3,5H2,2H3. The van der Waals surface area contributed by atoms with E-state index in [0.29, 0.717) is 5.56 Å². The smallest absolute Gasteiger partial charge is 0.0992 e. The summed E-state index contributed by atoms with van der Waals surface area (Å²) >= 11 is 0. The average molecular weight is 274 g/mol. The largest absolute Gasteiger partial charge is 0.355 e. The molecule has 0 fully saturated rings. The van der Waals surface area contributed by atoms with Crippen LogP contribution in [0.3, 0.4) is 0 Å². The summed E-state index contributed by atoms with van der Waals surface area (Å²) in [6.45, 7) is 10.0. The van der Waals surface area contributed by atoms with Gasteiger partial charge in [-0.3, -0.25) is 0 Å². The Hall–Kier alpha value is -2.79. The molecule has 2 aromatic rings. The van der Waals surface area contributed by atoms with Crippen molar-refractivity contribution in [3.05, 3.63) is 77.9 Å². The highest BCUT2D eigenvalue weighted by molar-refractivity contribution is 5.81. The Morgan fingerprint density at radius 3 is 2.71 bits per heavy atom. The first-order chi connectivity index (χ1) is 10.2. The van der Waals surface area contributed by atoms with Crippen LogP contribution in [0.25, 0.3) is 11.8 Å². The number of anilines is 1. The van der Waals surface area contributed by atoms with Gasteiger partial charge in [0.15, 0.2) is 0 Å². The predicted octanol–water partition coefficient (Wildman–Crippen LogP) is 4.85. The van der Waals surface area contributed by atoms with Gasteiger partial charge in [0.05, 0.1) is 11.6 Å². The van der Waals surface area contributed by atoms with E-state index in [1.54, 1.807) is 0 Å². The fourth-order valence-corrected chi connectivity index (χ4v) is 2.25. The Bertz CT molecular complexity index is 721. The number of nitrogens with zero attached hydrogens (tertiary/aromatic N) is 1. The van der Waals surface area contributed by atoms with Gasteiger partial charge in [-0.15, -0.1) is 0 Å². The Labute approximate surface area is 126 Å². The molecule has 0 amide bonds. The van der Waals surface area contributed by atoms with Crippen LogP contribution in [-0.2, 0) is 6.42 Å². The van der Waals surface area contributed by atoms with Crippen LogP contribution in [0.1, 0.15) is 29.2 Å². The molecule has 0 atom stereocenters. The van der Waals surface area contributed by atoms with Crippen molar-refractivity contribution in [3.8, 4) is 6.07 Å². The summed E-state index contributed by atoms with van der Waals surface area (Å²) in [5, 5.41) is 12.4. The van der Waals surface area contributed by atoms with Crippen LogP contribution in [0.4, 0.5) is 5.69 Å². The quantitative estimate of drug-likeness (QED) is 0.846. The van der Waals surface area contributed by atoms with Crippen molar-refractivity contribution in [2.45, 2.75) is 13.3 Å². The number of rotatable bonds is 5. The van der Waals surface area contributed by atoms with Gasteiger partial charge in [-0.2, -0.15) is 5.26 Å². The van der Waals surface area contributed by atoms with Gasteiger partial charge in [-0.1, -0.05) is 56.5 Å². The summed E-state index contributed by atoms with van der Waals surface area (Å²) in [5.74, 6) is 0. The zero-order chi connectivity index (χ0) is 15.2. The molecule has 2 aromatic carbocycles. The summed E-state index contributed by atoms with van der Waals surface area (Å²) < 4.78 is 0. The normalized spacial score (nSPS) is 9.71. The molecule has 0 saturated heterocycles. The third-order valence-electron chi connectivity index (χ3n) is 3.41. The maximum atomic E-state index is 9.05. The van der Waals surface area contributed by atoms with E-state index in [1.165, 1.54) is 0 Å². The molecule has 0 spiro atoms. The molecule has 2 heteroatoms. The van der Waals surface area contributed by atoms with Crippen molar-refractivity contribution in [3.63, 3.8) is 0 Å². The lowest BCUT2D eigenvalue weighted by Gasteiger charge is -2.15. The summed E-state index contributed by atoms with van der Waals surface area (Å²) in [6, 6.07) is 15.8. The second kappa shape index (κ2) is 6.58. The molecule has 0 aromatic heterocycles. The minimum Gasteiger partial charge on any atom is -0.355 e. The Morgan fingerprint density at radius 1 is 1.29 bits per heavy atom. The van der Waals surface area contributed by atoms with Crippen LogP contribution in [0, 0.1) is 11.3 Å². The predicted molar refractivity (Wildman–Crippen MR) is 89.7 cm³/mol. The molecule has 2 rings (SSSR count). The van der Waals surface area contributed by atoms with E-state index in [1.807, 2.05) is 48.5 Å². The van der Waals surface area contributed by atoms with E-state index in [4.69, 9.17) is 5.26 Å². The molecule has 0 saturated carbocycles. The molecule has 0 heterocycles. The molecule has 1 N–H and O–H groups in total. The van der Waals surface area contributed by atoms with Crippen molar-refractivity contribution in [1.82, 2.24) is 0 Å². The van der Waals surface area contributed by atoms with E-state index in [9.17, 15) is 0 Å². The summed E-state index contributed by atoms with van der Waals surface area (Å²) in [6.07, 6.45) is 2.71. The number of aryl methyl sites for hydroxylation is 1. The van der Waals surface area contributed by atoms with E-state index in [-0.39, 0.29) is 0 Å². The molecular weight excluding hydrogens is 256 g/mol. The SMILES string of the molecule is C=Cc1ccccc1C(=C)Nc1cc(C#N)ccc1CC. The molecule has 0 unspecified atom stereocenters. The Morgan fingerprint density at radius 2 is 2.05 bits per heavy atom. The summed E-state index contributed by atoms with van der Waals surface area (Å²) in [5.41, 5.74) is 5.57. The third-order valence-corrected chi connectivity index (χ3v) is 3.41. The highest BCUT2D eigenvalue weighted by atomic mass is 14.9. The van der Waals surface area contributed by atoms with E-state index >= 15 is 0 Å². The van der Waals surface area contributed by atoms with Crippen LogP contribution < -0.4 is 5.32 Å². The number of nitrogens with one attached hydrogen (secondary N) is 1. The fourth-order valence-electron chi connectivity index (χ4n) is 2.25. The lowest BCUT2D eigenvalue weighted by atomic mass is 10.0. The first-order valence-corrected chi connectivity index (χ1v) is 6.90. The average Bonchev–Trinajstić information content (AvgIpc) is 2.54. The lowest BCUT2D eigenvalue weighted by molar-refractivity contribution is 1.14. The molecule has 0 aliphatic carbocycles. The van der Waals surface area contributed by atoms with Gasteiger partial charge in [0.2, 0.25) is 0 Å². The molecular formula is C19H18N2. The highest BCUT2D eigenvalue weighted by Gasteiger charge is 2.07. The van der Waals surface area contributed by atoms with Crippen molar-refractivity contribution in [1.29, 1.82) is 5.26 Å². The second-order valence-corrected chi connectivity index (χ2v) is 4.73. The molecule has 0 aliphatic heterocycles. The van der Waals surface area contributed by atoms with Crippen molar-refractivity contribution in [2.75, 3.05) is 5.32 Å². The Kier molecular flexibility index (Phi) is 4.58. The van der Waals surface area contributed by atoms with Crippen LogP contribution >= 0.6 is 0 Å². The molecule has 0 bridgehead atoms. The van der Waals surface area contributed by atoms with Crippen LogP contribution in [-0.4, -0.2) is 0 Å². The van der Waals surface area contributed by atoms with Crippen molar-refractivity contribution >= 4 is 17.5 Å². The maximum Gasteiger partial charge on any atom is 0.0992 e. The van der Waals surface area contributed by atoms with Crippen LogP contribution in [0.2, 0.25) is 0 Å². The van der Waals surface area contributed by atoms with Gasteiger partial charge in [-0.05, 0) is 29.7 Å². The third kappa shape index (κ3) is 3.21. The Balaban J connectivity index is 2.35. The summed E-state index contributed by atoms with van der Waals surface area (Å²) in [4.78, 5) is 0. The van der Waals surface area contributed by atoms with Gasteiger partial charge in [0.1, 0.15) is 0 Å². The van der Waals surface area contributed by atoms with Crippen LogP contribution in [0.15, 0.2) is 55.6 Å². The zero-order valence-electron chi connectivity index (χ0n) is 12.2. The van der Waals surface area contributed by atoms with E-state index in [2.05, 4.69) is 31.5 Å². The van der Waals surface area contributed by atoms with Crippen molar-refractivity contribution in [2.24, 2.45) is 0 Å². The molecule has 2 nitrogen and oxygen atoms in total. The highest BCUT2D eigenvalue weighted by Crippen LogP contribution is 2.25. The minimum absolute atomic E-state index is 0.638. The minimum atomic E-state index is 0.638. The molecule has 0 radical (unpaired) electrons. The number of benzene rings is 2. The van der Waals surface area contributed by atoms with Gasteiger partial charge in [0, 0.05) is 16.9 Å². The number of hydrogen-bond donors (Lipinski definition) is 1. The number of nitriles is 1. The first-order valence-electron chi connectivity index (χ1n) is 6.90. The number of hydrogen-bond acceptors (Lipinski definition) is 2. The van der Waals surface area contributed by atoms with Gasteiger partial charge < -0.3 is 5.32 Å². The summed E-state index contributed by atoms with van der Waals surface area (Å²) in [7, 11) is 0.